The molecule has 17 nitrogen and oxygen atoms in total. The quantitative estimate of drug-likeness (QED) is 0.0416. The summed E-state index contributed by atoms with van der Waals surface area (Å²) < 4.78 is 34.8. The number of ether oxygens (including phenoxy) is 6. The minimum Gasteiger partial charge on any atom is -0.495 e. The fraction of sp³-hybridized carbons (Fsp3) is 0.686. The number of hydrogen-bond acceptors (Lipinski definition) is 16. The van der Waals surface area contributed by atoms with E-state index in [1.54, 1.807) is 73.7 Å². The first-order valence-electron chi connectivity index (χ1n) is 24.6. The molecule has 0 radical (unpaired) electrons. The van der Waals surface area contributed by atoms with Crippen LogP contribution in [0.25, 0.3) is 0 Å². The molecule has 0 spiro atoms. The molecule has 4 aliphatic rings. The lowest BCUT2D eigenvalue weighted by atomic mass is 9.83. The van der Waals surface area contributed by atoms with Crippen LogP contribution in [0.15, 0.2) is 35.9 Å². The highest BCUT2D eigenvalue weighted by Gasteiger charge is 2.64. The first-order valence-corrected chi connectivity index (χ1v) is 28.6. The van der Waals surface area contributed by atoms with Crippen molar-refractivity contribution >= 4 is 86.4 Å². The number of esters is 1. The number of methoxy groups -OCH3 is 2. The number of Topliss-reactive ketones (excluding diaryl/α,β-unsaturated/α-hetero) is 1. The highest BCUT2D eigenvalue weighted by molar-refractivity contribution is 8.76. The molecule has 4 amide bonds. The molecule has 1 aliphatic carbocycles. The molecular weight excluding hydrogens is 1010 g/mol. The van der Waals surface area contributed by atoms with Gasteiger partial charge in [-0.2, -0.15) is 0 Å². The highest BCUT2D eigenvalue weighted by Crippen LogP contribution is 2.49. The summed E-state index contributed by atoms with van der Waals surface area (Å²) >= 11 is 8.27. The lowest BCUT2D eigenvalue weighted by molar-refractivity contribution is -0.162. The van der Waals surface area contributed by atoms with Crippen molar-refractivity contribution in [2.45, 2.75) is 170 Å². The molecule has 0 unspecified atom stereocenters. The number of epoxide rings is 1. The van der Waals surface area contributed by atoms with Crippen molar-refractivity contribution in [1.82, 2.24) is 15.5 Å². The van der Waals surface area contributed by atoms with E-state index in [1.165, 1.54) is 42.8 Å². The van der Waals surface area contributed by atoms with Crippen molar-refractivity contribution < 1.29 is 62.3 Å². The van der Waals surface area contributed by atoms with Gasteiger partial charge in [0.1, 0.15) is 52.6 Å². The molecule has 3 heterocycles. The molecule has 5 rings (SSSR count). The number of nitrogens with one attached hydrogen (secondary N) is 2. The molecule has 1 saturated carbocycles. The number of likely N-dealkylation sites (N-methyl/N-ethyl adjacent to an activating group) is 1. The molecule has 10 atom stereocenters. The Morgan fingerprint density at radius 1 is 1.12 bits per heavy atom. The van der Waals surface area contributed by atoms with E-state index >= 15 is 0 Å². The molecular formula is C51H75ClN4O13S3. The van der Waals surface area contributed by atoms with Crippen LogP contribution >= 0.6 is 45.0 Å². The molecule has 1 aromatic rings. The van der Waals surface area contributed by atoms with Crippen LogP contribution < -0.4 is 20.3 Å². The van der Waals surface area contributed by atoms with Crippen LogP contribution in [-0.4, -0.2) is 151 Å². The predicted octanol–water partition coefficient (Wildman–Crippen LogP) is 8.20. The van der Waals surface area contributed by atoms with Crippen LogP contribution in [0.2, 0.25) is 5.02 Å². The Morgan fingerprint density at radius 2 is 1.85 bits per heavy atom. The second-order valence-corrected chi connectivity index (χ2v) is 24.8. The first kappa shape index (κ1) is 59.2. The number of rotatable bonds is 18. The monoisotopic (exact) mass is 1080 g/mol. The predicted molar refractivity (Wildman–Crippen MR) is 283 cm³/mol. The van der Waals surface area contributed by atoms with Crippen molar-refractivity contribution in [1.29, 1.82) is 0 Å². The number of carbonyl (C=O) groups excluding carboxylic acids is 6. The average Bonchev–Trinajstić information content (AvgIpc) is 4.04. The van der Waals surface area contributed by atoms with Crippen LogP contribution in [0.5, 0.6) is 5.75 Å². The Kier molecular flexibility index (Phi) is 21.6. The van der Waals surface area contributed by atoms with E-state index in [9.17, 15) is 33.9 Å². The third kappa shape index (κ3) is 15.7. The zero-order chi connectivity index (χ0) is 53.1. The van der Waals surface area contributed by atoms with Gasteiger partial charge < -0.3 is 48.6 Å². The Labute approximate surface area is 442 Å². The number of aliphatic hydroxyl groups is 1. The summed E-state index contributed by atoms with van der Waals surface area (Å²) in [6, 6.07) is 2.49. The summed E-state index contributed by atoms with van der Waals surface area (Å²) in [6.45, 7) is 11.2. The number of allylic oxidation sites excluding steroid dienone is 3. The molecule has 4 bridgehead atoms. The van der Waals surface area contributed by atoms with Crippen molar-refractivity contribution in [3.05, 3.63) is 46.5 Å². The van der Waals surface area contributed by atoms with E-state index in [1.807, 2.05) is 33.1 Å². The fourth-order valence-corrected chi connectivity index (χ4v) is 12.8. The number of carbonyl (C=O) groups is 6. The summed E-state index contributed by atoms with van der Waals surface area (Å²) in [6.07, 6.45) is 7.42. The molecule has 21 heteroatoms. The van der Waals surface area contributed by atoms with E-state index in [2.05, 4.69) is 10.6 Å². The second-order valence-electron chi connectivity index (χ2n) is 20.1. The van der Waals surface area contributed by atoms with E-state index in [0.717, 1.165) is 36.8 Å². The maximum Gasteiger partial charge on any atom is 0.409 e. The second kappa shape index (κ2) is 26.2. The molecule has 3 aliphatic heterocycles. The van der Waals surface area contributed by atoms with Gasteiger partial charge in [-0.05, 0) is 83.2 Å². The van der Waals surface area contributed by atoms with Gasteiger partial charge >= 0.3 is 18.2 Å². The lowest BCUT2D eigenvalue weighted by Crippen LogP contribution is -2.63. The topological polar surface area (TPSA) is 212 Å². The van der Waals surface area contributed by atoms with Crippen LogP contribution in [-0.2, 0) is 49.3 Å². The minimum absolute atomic E-state index is 0.0330. The van der Waals surface area contributed by atoms with Gasteiger partial charge in [0.05, 0.1) is 36.3 Å². The number of nitrogens with zero attached hydrogens (tertiary/aromatic N) is 2. The summed E-state index contributed by atoms with van der Waals surface area (Å²) in [4.78, 5) is 83.2. The fourth-order valence-electron chi connectivity index (χ4n) is 9.31. The van der Waals surface area contributed by atoms with Gasteiger partial charge in [0.25, 0.3) is 0 Å². The zero-order valence-corrected chi connectivity index (χ0v) is 46.7. The minimum atomic E-state index is -1.86. The zero-order valence-electron chi connectivity index (χ0n) is 43.5. The number of ketones is 1. The Hall–Kier alpha value is -3.66. The van der Waals surface area contributed by atoms with Gasteiger partial charge in [0.2, 0.25) is 11.8 Å². The van der Waals surface area contributed by atoms with E-state index < -0.39 is 76.5 Å². The first-order chi connectivity index (χ1) is 33.9. The molecule has 2 saturated heterocycles. The summed E-state index contributed by atoms with van der Waals surface area (Å²) in [5.74, 6) is -1.51. The smallest absolute Gasteiger partial charge is 0.409 e. The van der Waals surface area contributed by atoms with Gasteiger partial charge in [0, 0.05) is 57.7 Å². The number of anilines is 1. The van der Waals surface area contributed by atoms with Gasteiger partial charge in [-0.3, -0.25) is 19.7 Å². The largest absolute Gasteiger partial charge is 0.495 e. The lowest BCUT2D eigenvalue weighted by Gasteiger charge is -2.42. The van der Waals surface area contributed by atoms with E-state index in [4.69, 9.17) is 40.0 Å². The van der Waals surface area contributed by atoms with Crippen molar-refractivity contribution in [2.75, 3.05) is 51.8 Å². The maximum absolute atomic E-state index is 14.4. The standard InChI is InChI=1S/C51H75ClN4O13S3/c1-30-16-14-20-40(65-10)51(63)28-38(67-48(62)54-51)31(2)45-50(6,69-45)41(27-43(59)56(8)35-25-33(24-30)26-37(64-9)44(35)52)68-46(60)32(3)55(7)42(58)21-22-49(4,5)71-29-34(57)17-15-23-53-47(61)66-36-18-12-13-19-39(36)72-70-11/h14,16,20,25-26,31-32,36,38-41,45,63H,12-13,15,17-19,21-24,27-29H2,1-11H3,(H,53,61)(H,54,62)/b20-14+,30-16+/t31-,32+,36+,38+,39+,40-,41+,45+,50-,51+/m1/s1. The summed E-state index contributed by atoms with van der Waals surface area (Å²) in [5, 5.41) is 17.7. The normalized spacial score (nSPS) is 29.5. The molecule has 3 N–H and O–H groups in total. The summed E-state index contributed by atoms with van der Waals surface area (Å²) in [5.41, 5.74) is -1.07. The molecule has 3 fully saturated rings. The maximum atomic E-state index is 14.4. The third-order valence-corrected chi connectivity index (χ3v) is 18.2. The summed E-state index contributed by atoms with van der Waals surface area (Å²) in [7, 11) is 9.42. The van der Waals surface area contributed by atoms with E-state index in [-0.39, 0.29) is 53.1 Å². The van der Waals surface area contributed by atoms with Crippen molar-refractivity contribution in [3.63, 3.8) is 0 Å². The third-order valence-electron chi connectivity index (χ3n) is 14.1. The van der Waals surface area contributed by atoms with Gasteiger partial charge in [-0.25, -0.2) is 14.4 Å². The number of benzene rings is 1. The number of hydrogen-bond donors (Lipinski definition) is 3. The molecule has 72 heavy (non-hydrogen) atoms. The van der Waals surface area contributed by atoms with Crippen LogP contribution in [0, 0.1) is 5.92 Å². The number of thioether (sulfide) groups is 1. The highest BCUT2D eigenvalue weighted by atomic mass is 35.5. The molecule has 1 aromatic carbocycles. The van der Waals surface area contributed by atoms with Crippen LogP contribution in [0.1, 0.15) is 111 Å². The SMILES string of the molecule is COc1cc2cc(c1Cl)N(C)C(=O)C[C@H](OC(=O)[C@H](C)N(C)C(=O)CCC(C)(C)SCC(=O)CCCNC(=O)O[C@H]1CCCC[C@@H]1SSC)[C@@]1(C)O[C@H]1[C@H](C)[C@@H]1C[C@@](O)(NC(=O)O1)[C@H](OC)/C=C/C=C(\C)C2. The molecule has 402 valence electrons. The van der Waals surface area contributed by atoms with Crippen molar-refractivity contribution in [2.24, 2.45) is 5.92 Å². The van der Waals surface area contributed by atoms with Gasteiger partial charge in [-0.15, -0.1) is 11.8 Å². The Bertz CT molecular complexity index is 2180. The Balaban J connectivity index is 1.23. The van der Waals surface area contributed by atoms with Gasteiger partial charge in [-0.1, -0.05) is 84.2 Å². The van der Waals surface area contributed by atoms with Gasteiger partial charge in [0.15, 0.2) is 5.72 Å². The van der Waals surface area contributed by atoms with Crippen LogP contribution in [0.3, 0.4) is 0 Å². The Morgan fingerprint density at radius 3 is 2.54 bits per heavy atom. The number of halogens is 1. The van der Waals surface area contributed by atoms with Crippen molar-refractivity contribution in [3.8, 4) is 5.75 Å². The average molecular weight is 1080 g/mol. The molecule has 0 aromatic heterocycles. The number of alkyl carbamates (subject to hydrolysis) is 2. The number of amides is 4. The number of fused-ring (bicyclic) bond motifs is 5. The van der Waals surface area contributed by atoms with E-state index in [0.29, 0.717) is 43.7 Å². The van der Waals surface area contributed by atoms with Crippen LogP contribution in [0.4, 0.5) is 15.3 Å².